The number of halogens is 3. The molecule has 0 radical (unpaired) electrons. The molecular formula is C15H15F3N4O6. The van der Waals surface area contributed by atoms with E-state index in [1.807, 2.05) is 0 Å². The predicted octanol–water partition coefficient (Wildman–Crippen LogP) is -1.77. The van der Waals surface area contributed by atoms with Crippen LogP contribution in [-0.4, -0.2) is 61.5 Å². The molecule has 0 saturated carbocycles. The lowest BCUT2D eigenvalue weighted by Crippen LogP contribution is -2.82. The number of ether oxygens (including phenoxy) is 2. The first-order valence-electron chi connectivity index (χ1n) is 8.17. The number of nitrogens with one attached hydrogen (secondary N) is 1. The van der Waals surface area contributed by atoms with E-state index < -0.39 is 12.1 Å². The van der Waals surface area contributed by atoms with Gasteiger partial charge in [-0.3, -0.25) is 9.69 Å². The second-order valence-corrected chi connectivity index (χ2v) is 6.19. The van der Waals surface area contributed by atoms with Gasteiger partial charge in [-0.2, -0.15) is 13.2 Å². The van der Waals surface area contributed by atoms with Crippen molar-refractivity contribution in [3.05, 3.63) is 12.1 Å². The van der Waals surface area contributed by atoms with Gasteiger partial charge < -0.3 is 30.0 Å². The van der Waals surface area contributed by atoms with Gasteiger partial charge in [0.05, 0.1) is 12.5 Å². The summed E-state index contributed by atoms with van der Waals surface area (Å²) in [5.41, 5.74) is 0. The molecule has 152 valence electrons. The van der Waals surface area contributed by atoms with E-state index in [0.717, 1.165) is 13.1 Å². The van der Waals surface area contributed by atoms with Crippen LogP contribution in [0.4, 0.5) is 29.6 Å². The average Bonchev–Trinajstić information content (AvgIpc) is 3.07. The van der Waals surface area contributed by atoms with Crippen LogP contribution in [0.25, 0.3) is 0 Å². The topological polar surface area (TPSA) is 137 Å². The molecule has 0 aromatic carbocycles. The van der Waals surface area contributed by atoms with Crippen LogP contribution in [0.3, 0.4) is 0 Å². The van der Waals surface area contributed by atoms with Crippen LogP contribution in [0.15, 0.2) is 12.1 Å². The molecule has 0 bridgehead atoms. The van der Waals surface area contributed by atoms with Gasteiger partial charge in [-0.1, -0.05) is 0 Å². The standard InChI is InChI=1S/C13H14N4O4.C2HF3O2/c18-11-6-20-8-1-2-10(15-12(8)16-11)17-5-7-3-14-4-9(7)21-13(17)19;3-2(4,5)1(6)7/h1-2,7,9,14H,3-6H2,(H,15,16,18);(H,6,7)/t7-,9+;/m0./s1. The molecule has 3 aliphatic heterocycles. The number of fused-ring (bicyclic) bond motifs is 2. The zero-order valence-electron chi connectivity index (χ0n) is 14.2. The number of aromatic nitrogens is 1. The zero-order valence-corrected chi connectivity index (χ0v) is 14.2. The van der Waals surface area contributed by atoms with E-state index in [1.165, 1.54) is 4.90 Å². The summed E-state index contributed by atoms with van der Waals surface area (Å²) in [6, 6.07) is 3.41. The first-order valence-corrected chi connectivity index (χ1v) is 8.17. The first kappa shape index (κ1) is 19.7. The summed E-state index contributed by atoms with van der Waals surface area (Å²) in [4.78, 5) is 38.1. The van der Waals surface area contributed by atoms with Gasteiger partial charge in [0.1, 0.15) is 18.3 Å². The lowest BCUT2D eigenvalue weighted by atomic mass is 10.0. The number of hydrogen-bond acceptors (Lipinski definition) is 7. The highest BCUT2D eigenvalue weighted by Gasteiger charge is 2.42. The Morgan fingerprint density at radius 1 is 1.32 bits per heavy atom. The Morgan fingerprint density at radius 2 is 2.04 bits per heavy atom. The number of carboxylic acids is 1. The van der Waals surface area contributed by atoms with E-state index >= 15 is 0 Å². The number of carbonyl (C=O) groups excluding carboxylic acids is 3. The predicted molar refractivity (Wildman–Crippen MR) is 82.2 cm³/mol. The number of amides is 2. The van der Waals surface area contributed by atoms with Crippen molar-refractivity contribution in [2.75, 3.05) is 36.5 Å². The molecule has 1 aromatic heterocycles. The number of carbonyl (C=O) groups is 3. The normalized spacial score (nSPS) is 23.3. The number of rotatable bonds is 1. The van der Waals surface area contributed by atoms with Gasteiger partial charge >= 0.3 is 12.3 Å². The third-order valence-corrected chi connectivity index (χ3v) is 4.25. The second kappa shape index (κ2) is 7.50. The van der Waals surface area contributed by atoms with Crippen molar-refractivity contribution in [2.45, 2.75) is 12.3 Å². The second-order valence-electron chi connectivity index (χ2n) is 6.19. The Hall–Kier alpha value is -3.09. The molecule has 3 aliphatic rings. The van der Waals surface area contributed by atoms with Crippen molar-refractivity contribution in [2.24, 2.45) is 5.92 Å². The van der Waals surface area contributed by atoms with Crippen LogP contribution in [-0.2, 0) is 14.3 Å². The zero-order chi connectivity index (χ0) is 20.5. The number of alkyl halides is 3. The van der Waals surface area contributed by atoms with E-state index in [2.05, 4.69) is 15.6 Å². The summed E-state index contributed by atoms with van der Waals surface area (Å²) in [5.74, 6) is -1.62. The van der Waals surface area contributed by atoms with Gasteiger partial charge in [0.15, 0.2) is 24.3 Å². The minimum absolute atomic E-state index is 0.00517. The monoisotopic (exact) mass is 404 g/mol. The lowest BCUT2D eigenvalue weighted by Gasteiger charge is -2.32. The highest BCUT2D eigenvalue weighted by molar-refractivity contribution is 5.95. The minimum Gasteiger partial charge on any atom is -0.542 e. The fourth-order valence-corrected chi connectivity index (χ4v) is 2.95. The number of carboxylic acid groups (broad SMARTS) is 1. The number of nitrogens with two attached hydrogens (primary N) is 1. The number of anilines is 2. The summed E-state index contributed by atoms with van der Waals surface area (Å²) in [5, 5.41) is 13.6. The third kappa shape index (κ3) is 4.24. The summed E-state index contributed by atoms with van der Waals surface area (Å²) in [6.45, 7) is 2.34. The maximum absolute atomic E-state index is 12.1. The number of hydrogen-bond donors (Lipinski definition) is 2. The van der Waals surface area contributed by atoms with Crippen LogP contribution in [0.2, 0.25) is 0 Å². The smallest absolute Gasteiger partial charge is 0.430 e. The van der Waals surface area contributed by atoms with Crippen molar-refractivity contribution in [3.8, 4) is 5.75 Å². The van der Waals surface area contributed by atoms with Crippen molar-refractivity contribution in [1.82, 2.24) is 4.98 Å². The van der Waals surface area contributed by atoms with E-state index in [1.54, 1.807) is 12.1 Å². The molecule has 3 N–H and O–H groups in total. The molecule has 2 amide bonds. The van der Waals surface area contributed by atoms with Gasteiger partial charge in [0.25, 0.3) is 5.91 Å². The molecule has 2 atom stereocenters. The molecular weight excluding hydrogens is 389 g/mol. The van der Waals surface area contributed by atoms with Gasteiger partial charge in [-0.15, -0.1) is 0 Å². The highest BCUT2D eigenvalue weighted by Crippen LogP contribution is 2.30. The van der Waals surface area contributed by atoms with E-state index in [9.17, 15) is 22.8 Å². The molecule has 0 unspecified atom stereocenters. The number of aliphatic carboxylic acids is 1. The Bertz CT molecular complexity index is 802. The van der Waals surface area contributed by atoms with Crippen LogP contribution in [0, 0.1) is 5.92 Å². The number of nitrogens with zero attached hydrogens (tertiary/aromatic N) is 2. The van der Waals surface area contributed by atoms with E-state index in [-0.39, 0.29) is 24.7 Å². The maximum atomic E-state index is 12.1. The fraction of sp³-hybridized carbons (Fsp3) is 0.467. The van der Waals surface area contributed by atoms with Crippen molar-refractivity contribution in [3.63, 3.8) is 0 Å². The van der Waals surface area contributed by atoms with Gasteiger partial charge in [0.2, 0.25) is 0 Å². The fourth-order valence-electron chi connectivity index (χ4n) is 2.95. The maximum Gasteiger partial charge on any atom is 0.430 e. The highest BCUT2D eigenvalue weighted by atomic mass is 19.4. The molecule has 2 saturated heterocycles. The van der Waals surface area contributed by atoms with Crippen molar-refractivity contribution >= 4 is 29.6 Å². The van der Waals surface area contributed by atoms with Crippen LogP contribution < -0.4 is 25.4 Å². The molecule has 0 spiro atoms. The van der Waals surface area contributed by atoms with Gasteiger partial charge in [-0.25, -0.2) is 9.78 Å². The molecule has 4 rings (SSSR count). The minimum atomic E-state index is -5.19. The number of quaternary nitrogens is 1. The largest absolute Gasteiger partial charge is 0.542 e. The Labute approximate surface area is 155 Å². The number of pyridine rings is 1. The lowest BCUT2D eigenvalue weighted by molar-refractivity contribution is -0.640. The molecule has 13 heteroatoms. The van der Waals surface area contributed by atoms with Crippen LogP contribution in [0.1, 0.15) is 0 Å². The summed E-state index contributed by atoms with van der Waals surface area (Å²) in [6.07, 6.45) is -5.59. The first-order chi connectivity index (χ1) is 13.1. The SMILES string of the molecule is O=C([O-])C(F)(F)F.O=C1COc2ccc(N3C[C@@H]4C[NH2+]C[C@H]4OC3=O)nc2N1. The quantitative estimate of drug-likeness (QED) is 0.565. The Morgan fingerprint density at radius 3 is 2.71 bits per heavy atom. The summed E-state index contributed by atoms with van der Waals surface area (Å²) < 4.78 is 42.2. The van der Waals surface area contributed by atoms with Crippen molar-refractivity contribution < 1.29 is 47.5 Å². The van der Waals surface area contributed by atoms with E-state index in [0.29, 0.717) is 29.8 Å². The molecule has 4 heterocycles. The molecule has 2 fully saturated rings. The summed E-state index contributed by atoms with van der Waals surface area (Å²) in [7, 11) is 0. The third-order valence-electron chi connectivity index (χ3n) is 4.25. The molecule has 0 aliphatic carbocycles. The molecule has 10 nitrogen and oxygen atoms in total. The van der Waals surface area contributed by atoms with E-state index in [4.69, 9.17) is 19.4 Å². The van der Waals surface area contributed by atoms with Crippen LogP contribution in [0.5, 0.6) is 5.75 Å². The van der Waals surface area contributed by atoms with Crippen molar-refractivity contribution in [1.29, 1.82) is 0 Å². The molecule has 1 aromatic rings. The van der Waals surface area contributed by atoms with Crippen LogP contribution >= 0.6 is 0 Å². The average molecular weight is 404 g/mol. The summed E-state index contributed by atoms with van der Waals surface area (Å²) >= 11 is 0. The molecule has 28 heavy (non-hydrogen) atoms. The Balaban J connectivity index is 0.000000279. The van der Waals surface area contributed by atoms with Gasteiger partial charge in [-0.05, 0) is 12.1 Å². The Kier molecular flexibility index (Phi) is 5.27. The van der Waals surface area contributed by atoms with Gasteiger partial charge in [0, 0.05) is 6.54 Å².